The molecule has 1 unspecified atom stereocenters. The first kappa shape index (κ1) is 11.7. The molecule has 3 heteroatoms. The molecule has 0 aliphatic rings. The van der Waals surface area contributed by atoms with E-state index in [9.17, 15) is 4.79 Å². The molecule has 0 heterocycles. The summed E-state index contributed by atoms with van der Waals surface area (Å²) in [6.45, 7) is 4.27. The van der Waals surface area contributed by atoms with E-state index in [-0.39, 0.29) is 18.6 Å². The maximum atomic E-state index is 11.5. The van der Waals surface area contributed by atoms with Gasteiger partial charge in [0, 0.05) is 6.04 Å². The summed E-state index contributed by atoms with van der Waals surface area (Å²) in [4.78, 5) is 11.5. The minimum Gasteiger partial charge on any atom is -0.460 e. The molecule has 82 valence electrons. The molecule has 3 nitrogen and oxygen atoms in total. The maximum absolute atomic E-state index is 11.5. The van der Waals surface area contributed by atoms with Crippen LogP contribution in [0.1, 0.15) is 24.2 Å². The highest BCUT2D eigenvalue weighted by atomic mass is 16.5. The molecule has 1 atom stereocenters. The molecule has 0 bridgehead atoms. The number of carbonyl (C=O) groups excluding carboxylic acids is 1. The van der Waals surface area contributed by atoms with Gasteiger partial charge in [0.1, 0.15) is 6.61 Å². The van der Waals surface area contributed by atoms with Crippen LogP contribution in [0.3, 0.4) is 0 Å². The van der Waals surface area contributed by atoms with Crippen LogP contribution in [0.15, 0.2) is 30.3 Å². The van der Waals surface area contributed by atoms with Gasteiger partial charge in [0.2, 0.25) is 0 Å². The predicted molar refractivity (Wildman–Crippen MR) is 59.5 cm³/mol. The van der Waals surface area contributed by atoms with Crippen LogP contribution in [-0.2, 0) is 4.74 Å². The van der Waals surface area contributed by atoms with Crippen LogP contribution < -0.4 is 5.73 Å². The first-order valence-electron chi connectivity index (χ1n) is 5.09. The van der Waals surface area contributed by atoms with Gasteiger partial charge in [-0.3, -0.25) is 0 Å². The van der Waals surface area contributed by atoms with Crippen molar-refractivity contribution in [1.29, 1.82) is 0 Å². The second-order valence-corrected chi connectivity index (χ2v) is 3.87. The third kappa shape index (κ3) is 3.72. The van der Waals surface area contributed by atoms with Gasteiger partial charge in [0.05, 0.1) is 5.56 Å². The zero-order valence-corrected chi connectivity index (χ0v) is 9.14. The van der Waals surface area contributed by atoms with Gasteiger partial charge in [0.15, 0.2) is 0 Å². The summed E-state index contributed by atoms with van der Waals surface area (Å²) in [5, 5.41) is 0. The third-order valence-corrected chi connectivity index (χ3v) is 2.27. The van der Waals surface area contributed by atoms with E-state index in [1.807, 2.05) is 19.9 Å². The number of benzene rings is 1. The molecular formula is C12H17NO2. The zero-order valence-electron chi connectivity index (χ0n) is 9.14. The molecule has 1 rings (SSSR count). The predicted octanol–water partition coefficient (Wildman–Crippen LogP) is 1.83. The fraction of sp³-hybridized carbons (Fsp3) is 0.417. The lowest BCUT2D eigenvalue weighted by molar-refractivity contribution is 0.0463. The van der Waals surface area contributed by atoms with Gasteiger partial charge in [-0.25, -0.2) is 4.79 Å². The van der Waals surface area contributed by atoms with Crippen molar-refractivity contribution in [3.05, 3.63) is 35.9 Å². The summed E-state index contributed by atoms with van der Waals surface area (Å²) in [5.74, 6) is 0.000253. The van der Waals surface area contributed by atoms with Crippen LogP contribution in [0.25, 0.3) is 0 Å². The Labute approximate surface area is 90.2 Å². The van der Waals surface area contributed by atoms with Crippen molar-refractivity contribution >= 4 is 5.97 Å². The molecule has 0 spiro atoms. The van der Waals surface area contributed by atoms with E-state index in [0.29, 0.717) is 11.5 Å². The second kappa shape index (κ2) is 5.51. The van der Waals surface area contributed by atoms with E-state index in [0.717, 1.165) is 0 Å². The summed E-state index contributed by atoms with van der Waals surface area (Å²) in [7, 11) is 0. The van der Waals surface area contributed by atoms with Crippen LogP contribution in [0.4, 0.5) is 0 Å². The second-order valence-electron chi connectivity index (χ2n) is 3.87. The van der Waals surface area contributed by atoms with Crippen LogP contribution in [0.2, 0.25) is 0 Å². The Morgan fingerprint density at radius 3 is 2.47 bits per heavy atom. The maximum Gasteiger partial charge on any atom is 0.338 e. The molecule has 2 N–H and O–H groups in total. The molecule has 0 aromatic heterocycles. The average molecular weight is 207 g/mol. The van der Waals surface area contributed by atoms with Gasteiger partial charge >= 0.3 is 5.97 Å². The number of rotatable bonds is 4. The van der Waals surface area contributed by atoms with Gasteiger partial charge in [-0.1, -0.05) is 32.0 Å². The largest absolute Gasteiger partial charge is 0.460 e. The highest BCUT2D eigenvalue weighted by molar-refractivity contribution is 5.89. The normalized spacial score (nSPS) is 12.5. The van der Waals surface area contributed by atoms with Crippen LogP contribution in [-0.4, -0.2) is 18.6 Å². The number of nitrogens with two attached hydrogens (primary N) is 1. The van der Waals surface area contributed by atoms with Crippen molar-refractivity contribution in [2.45, 2.75) is 19.9 Å². The Morgan fingerprint density at radius 1 is 1.33 bits per heavy atom. The fourth-order valence-corrected chi connectivity index (χ4v) is 1.02. The minimum absolute atomic E-state index is 0.0994. The number of hydrogen-bond donors (Lipinski definition) is 1. The van der Waals surface area contributed by atoms with Crippen LogP contribution in [0, 0.1) is 5.92 Å². The Balaban J connectivity index is 2.44. The lowest BCUT2D eigenvalue weighted by Crippen LogP contribution is -2.32. The summed E-state index contributed by atoms with van der Waals surface area (Å²) >= 11 is 0. The monoisotopic (exact) mass is 207 g/mol. The Kier molecular flexibility index (Phi) is 4.31. The van der Waals surface area contributed by atoms with E-state index in [2.05, 4.69) is 0 Å². The van der Waals surface area contributed by atoms with Crippen molar-refractivity contribution < 1.29 is 9.53 Å². The number of hydrogen-bond acceptors (Lipinski definition) is 3. The molecule has 0 saturated carbocycles. The minimum atomic E-state index is -0.313. The van der Waals surface area contributed by atoms with Crippen molar-refractivity contribution in [3.8, 4) is 0 Å². The Bertz CT molecular complexity index is 309. The first-order chi connectivity index (χ1) is 7.11. The van der Waals surface area contributed by atoms with Crippen molar-refractivity contribution in [3.63, 3.8) is 0 Å². The molecule has 0 saturated heterocycles. The molecule has 0 aliphatic heterocycles. The molecule has 0 fully saturated rings. The average Bonchev–Trinajstić information content (AvgIpc) is 2.26. The lowest BCUT2D eigenvalue weighted by Gasteiger charge is -2.15. The van der Waals surface area contributed by atoms with E-state index in [4.69, 9.17) is 10.5 Å². The van der Waals surface area contributed by atoms with Crippen molar-refractivity contribution in [2.24, 2.45) is 11.7 Å². The standard InChI is InChI=1S/C12H17NO2/c1-9(2)11(13)8-15-12(14)10-6-4-3-5-7-10/h3-7,9,11H,8,13H2,1-2H3. The molecular weight excluding hydrogens is 190 g/mol. The summed E-state index contributed by atoms with van der Waals surface area (Å²) < 4.78 is 5.09. The molecule has 1 aromatic rings. The van der Waals surface area contributed by atoms with Crippen molar-refractivity contribution in [2.75, 3.05) is 6.61 Å². The first-order valence-corrected chi connectivity index (χ1v) is 5.09. The van der Waals surface area contributed by atoms with Gasteiger partial charge < -0.3 is 10.5 Å². The SMILES string of the molecule is CC(C)C(N)COC(=O)c1ccccc1. The molecule has 0 amide bonds. The summed E-state index contributed by atoms with van der Waals surface area (Å²) in [5.41, 5.74) is 6.33. The third-order valence-electron chi connectivity index (χ3n) is 2.27. The number of esters is 1. The summed E-state index contributed by atoms with van der Waals surface area (Å²) in [6, 6.07) is 8.82. The zero-order chi connectivity index (χ0) is 11.3. The van der Waals surface area contributed by atoms with Gasteiger partial charge in [0.25, 0.3) is 0 Å². The molecule has 1 aromatic carbocycles. The fourth-order valence-electron chi connectivity index (χ4n) is 1.02. The van der Waals surface area contributed by atoms with Gasteiger partial charge in [-0.2, -0.15) is 0 Å². The van der Waals surface area contributed by atoms with E-state index in [1.165, 1.54) is 0 Å². The van der Waals surface area contributed by atoms with Crippen LogP contribution >= 0.6 is 0 Å². The molecule has 15 heavy (non-hydrogen) atoms. The highest BCUT2D eigenvalue weighted by Crippen LogP contribution is 2.03. The van der Waals surface area contributed by atoms with Gasteiger partial charge in [-0.05, 0) is 18.1 Å². The number of carbonyl (C=O) groups is 1. The number of ether oxygens (including phenoxy) is 1. The molecule has 0 radical (unpaired) electrons. The molecule has 0 aliphatic carbocycles. The smallest absolute Gasteiger partial charge is 0.338 e. The van der Waals surface area contributed by atoms with Crippen LogP contribution in [0.5, 0.6) is 0 Å². The van der Waals surface area contributed by atoms with E-state index >= 15 is 0 Å². The van der Waals surface area contributed by atoms with Gasteiger partial charge in [-0.15, -0.1) is 0 Å². The van der Waals surface area contributed by atoms with E-state index < -0.39 is 0 Å². The Hall–Kier alpha value is -1.35. The van der Waals surface area contributed by atoms with E-state index in [1.54, 1.807) is 24.3 Å². The van der Waals surface area contributed by atoms with Crippen molar-refractivity contribution in [1.82, 2.24) is 0 Å². The summed E-state index contributed by atoms with van der Waals surface area (Å²) in [6.07, 6.45) is 0. The topological polar surface area (TPSA) is 52.3 Å². The highest BCUT2D eigenvalue weighted by Gasteiger charge is 2.11. The quantitative estimate of drug-likeness (QED) is 0.766. The lowest BCUT2D eigenvalue weighted by atomic mass is 10.1. The Morgan fingerprint density at radius 2 is 1.93 bits per heavy atom.